The molecule has 0 spiro atoms. The molecule has 0 radical (unpaired) electrons. The summed E-state index contributed by atoms with van der Waals surface area (Å²) < 4.78 is 38.7. The second-order valence-corrected chi connectivity index (χ2v) is 5.04. The Kier molecular flexibility index (Phi) is 3.23. The first-order valence-corrected chi connectivity index (χ1v) is 6.57. The van der Waals surface area contributed by atoms with Crippen molar-refractivity contribution in [3.63, 3.8) is 0 Å². The number of halogens is 3. The molecular weight excluding hydrogens is 267 g/mol. The number of aromatic nitrogens is 2. The molecule has 6 heteroatoms. The first-order valence-electron chi connectivity index (χ1n) is 6.57. The fourth-order valence-corrected chi connectivity index (χ4v) is 2.68. The molecule has 0 aliphatic carbocycles. The summed E-state index contributed by atoms with van der Waals surface area (Å²) >= 11 is 0. The minimum Gasteiger partial charge on any atom is -0.355 e. The number of benzene rings is 1. The van der Waals surface area contributed by atoms with E-state index in [9.17, 15) is 13.2 Å². The lowest BCUT2D eigenvalue weighted by Crippen LogP contribution is -2.42. The number of rotatable bonds is 1. The van der Waals surface area contributed by atoms with Crippen LogP contribution in [0.5, 0.6) is 0 Å². The number of para-hydroxylation sites is 1. The van der Waals surface area contributed by atoms with E-state index in [4.69, 9.17) is 0 Å². The molecule has 3 rings (SSSR count). The molecule has 0 N–H and O–H groups in total. The van der Waals surface area contributed by atoms with Gasteiger partial charge in [-0.1, -0.05) is 12.1 Å². The molecule has 1 unspecified atom stereocenters. The number of hydrogen-bond donors (Lipinski definition) is 0. The van der Waals surface area contributed by atoms with Crippen LogP contribution >= 0.6 is 0 Å². The maximum Gasteiger partial charge on any atom is 0.393 e. The molecule has 106 valence electrons. The Balaban J connectivity index is 1.95. The van der Waals surface area contributed by atoms with Crippen molar-refractivity contribution in [1.29, 1.82) is 0 Å². The van der Waals surface area contributed by atoms with Crippen molar-refractivity contribution in [2.75, 3.05) is 18.0 Å². The zero-order valence-electron chi connectivity index (χ0n) is 10.8. The van der Waals surface area contributed by atoms with Gasteiger partial charge >= 0.3 is 6.18 Å². The molecule has 1 atom stereocenters. The summed E-state index contributed by atoms with van der Waals surface area (Å²) in [5, 5.41) is 0.804. The minimum absolute atomic E-state index is 0.0233. The van der Waals surface area contributed by atoms with E-state index in [0.29, 0.717) is 18.8 Å². The molecule has 1 aromatic carbocycles. The predicted molar refractivity (Wildman–Crippen MR) is 70.5 cm³/mol. The molecule has 2 aromatic rings. The maximum atomic E-state index is 12.9. The van der Waals surface area contributed by atoms with Gasteiger partial charge in [0.2, 0.25) is 0 Å². The van der Waals surface area contributed by atoms with Crippen molar-refractivity contribution in [3.05, 3.63) is 30.6 Å². The fourth-order valence-electron chi connectivity index (χ4n) is 2.68. The van der Waals surface area contributed by atoms with Crippen LogP contribution in [-0.2, 0) is 0 Å². The maximum absolute atomic E-state index is 12.9. The van der Waals surface area contributed by atoms with Crippen molar-refractivity contribution >= 4 is 16.7 Å². The molecular formula is C14H14F3N3. The van der Waals surface area contributed by atoms with Gasteiger partial charge in [-0.3, -0.25) is 0 Å². The number of hydrogen-bond acceptors (Lipinski definition) is 3. The third-order valence-electron chi connectivity index (χ3n) is 3.71. The van der Waals surface area contributed by atoms with Gasteiger partial charge in [0.15, 0.2) is 0 Å². The van der Waals surface area contributed by atoms with Crippen LogP contribution in [0.2, 0.25) is 0 Å². The lowest BCUT2D eigenvalue weighted by atomic mass is 9.97. The van der Waals surface area contributed by atoms with Crippen LogP contribution in [-0.4, -0.2) is 29.2 Å². The molecule has 1 aliphatic rings. The Bertz CT molecular complexity index is 607. The van der Waals surface area contributed by atoms with Gasteiger partial charge in [0.1, 0.15) is 12.1 Å². The minimum atomic E-state index is -4.14. The second-order valence-electron chi connectivity index (χ2n) is 5.04. The van der Waals surface area contributed by atoms with Crippen molar-refractivity contribution in [2.24, 2.45) is 5.92 Å². The third-order valence-corrected chi connectivity index (χ3v) is 3.71. The Morgan fingerprint density at radius 1 is 1.15 bits per heavy atom. The van der Waals surface area contributed by atoms with E-state index in [0.717, 1.165) is 10.9 Å². The Labute approximate surface area is 114 Å². The van der Waals surface area contributed by atoms with Gasteiger partial charge in [0, 0.05) is 18.5 Å². The van der Waals surface area contributed by atoms with Crippen LogP contribution in [0.4, 0.5) is 19.0 Å². The van der Waals surface area contributed by atoms with E-state index in [-0.39, 0.29) is 13.0 Å². The average molecular weight is 281 g/mol. The van der Waals surface area contributed by atoms with Crippen molar-refractivity contribution in [1.82, 2.24) is 9.97 Å². The molecule has 0 saturated carbocycles. The SMILES string of the molecule is FC(F)(F)C1CCCN(c2ncnc3ccccc23)C1. The summed E-state index contributed by atoms with van der Waals surface area (Å²) in [6.45, 7) is 0.581. The van der Waals surface area contributed by atoms with E-state index in [1.165, 1.54) is 6.33 Å². The van der Waals surface area contributed by atoms with Crippen LogP contribution in [0.25, 0.3) is 10.9 Å². The van der Waals surface area contributed by atoms with Gasteiger partial charge in [0.05, 0.1) is 11.4 Å². The quantitative estimate of drug-likeness (QED) is 0.802. The summed E-state index contributed by atoms with van der Waals surface area (Å²) in [6, 6.07) is 7.39. The van der Waals surface area contributed by atoms with E-state index in [1.54, 1.807) is 4.90 Å². The van der Waals surface area contributed by atoms with Gasteiger partial charge in [-0.25, -0.2) is 9.97 Å². The summed E-state index contributed by atoms with van der Waals surface area (Å²) in [4.78, 5) is 10.1. The summed E-state index contributed by atoms with van der Waals surface area (Å²) in [5.74, 6) is -0.672. The first-order chi connectivity index (χ1) is 9.55. The summed E-state index contributed by atoms with van der Waals surface area (Å²) in [6.07, 6.45) is -2.00. The largest absolute Gasteiger partial charge is 0.393 e. The second kappa shape index (κ2) is 4.92. The molecule has 1 aromatic heterocycles. The third kappa shape index (κ3) is 2.42. The number of fused-ring (bicyclic) bond motifs is 1. The van der Waals surface area contributed by atoms with Crippen LogP contribution < -0.4 is 4.90 Å². The van der Waals surface area contributed by atoms with Crippen LogP contribution in [0.15, 0.2) is 30.6 Å². The molecule has 3 nitrogen and oxygen atoms in total. The zero-order valence-corrected chi connectivity index (χ0v) is 10.8. The predicted octanol–water partition coefficient (Wildman–Crippen LogP) is 3.41. The van der Waals surface area contributed by atoms with E-state index < -0.39 is 12.1 Å². The summed E-state index contributed by atoms with van der Waals surface area (Å²) in [5.41, 5.74) is 0.756. The monoisotopic (exact) mass is 281 g/mol. The van der Waals surface area contributed by atoms with Gasteiger partial charge in [0.25, 0.3) is 0 Å². The van der Waals surface area contributed by atoms with Crippen molar-refractivity contribution < 1.29 is 13.2 Å². The average Bonchev–Trinajstić information content (AvgIpc) is 2.46. The van der Waals surface area contributed by atoms with Gasteiger partial charge < -0.3 is 4.90 Å². The molecule has 1 fully saturated rings. The van der Waals surface area contributed by atoms with Crippen LogP contribution in [0.3, 0.4) is 0 Å². The highest BCUT2D eigenvalue weighted by molar-refractivity contribution is 5.89. The smallest absolute Gasteiger partial charge is 0.355 e. The Hall–Kier alpha value is -1.85. The normalized spacial score (nSPS) is 20.4. The lowest BCUT2D eigenvalue weighted by molar-refractivity contribution is -0.176. The molecule has 1 saturated heterocycles. The van der Waals surface area contributed by atoms with Gasteiger partial charge in [-0.2, -0.15) is 13.2 Å². The molecule has 20 heavy (non-hydrogen) atoms. The topological polar surface area (TPSA) is 29.0 Å². The highest BCUT2D eigenvalue weighted by Crippen LogP contribution is 2.35. The van der Waals surface area contributed by atoms with Crippen molar-refractivity contribution in [2.45, 2.75) is 19.0 Å². The lowest BCUT2D eigenvalue weighted by Gasteiger charge is -2.34. The molecule has 0 amide bonds. The standard InChI is InChI=1S/C14H14F3N3/c15-14(16,17)10-4-3-7-20(8-10)13-11-5-1-2-6-12(11)18-9-19-13/h1-2,5-6,9-10H,3-4,7-8H2. The van der Waals surface area contributed by atoms with Gasteiger partial charge in [-0.05, 0) is 25.0 Å². The number of nitrogens with zero attached hydrogens (tertiary/aromatic N) is 3. The van der Waals surface area contributed by atoms with Crippen molar-refractivity contribution in [3.8, 4) is 0 Å². The fraction of sp³-hybridized carbons (Fsp3) is 0.429. The highest BCUT2D eigenvalue weighted by Gasteiger charge is 2.42. The molecule has 2 heterocycles. The van der Waals surface area contributed by atoms with Gasteiger partial charge in [-0.15, -0.1) is 0 Å². The number of alkyl halides is 3. The van der Waals surface area contributed by atoms with E-state index in [1.807, 2.05) is 24.3 Å². The molecule has 0 bridgehead atoms. The van der Waals surface area contributed by atoms with Crippen LogP contribution in [0, 0.1) is 5.92 Å². The summed E-state index contributed by atoms with van der Waals surface area (Å²) in [7, 11) is 0. The first kappa shape index (κ1) is 13.1. The Morgan fingerprint density at radius 3 is 2.75 bits per heavy atom. The van der Waals surface area contributed by atoms with E-state index in [2.05, 4.69) is 9.97 Å². The van der Waals surface area contributed by atoms with Crippen LogP contribution in [0.1, 0.15) is 12.8 Å². The Morgan fingerprint density at radius 2 is 1.95 bits per heavy atom. The molecule has 1 aliphatic heterocycles. The van der Waals surface area contributed by atoms with E-state index >= 15 is 0 Å². The highest BCUT2D eigenvalue weighted by atomic mass is 19.4. The number of anilines is 1. The zero-order chi connectivity index (χ0) is 14.2. The number of piperidine rings is 1.